The number of nitrogens with zero attached hydrogens (tertiary/aromatic N) is 1. The summed E-state index contributed by atoms with van der Waals surface area (Å²) in [5.74, 6) is -0.740. The van der Waals surface area contributed by atoms with Gasteiger partial charge in [0.1, 0.15) is 5.82 Å². The molecule has 1 heterocycles. The molecule has 0 bridgehead atoms. The molecule has 0 aliphatic carbocycles. The molecular weight excluding hydrogens is 247 g/mol. The van der Waals surface area contributed by atoms with Crippen LogP contribution >= 0.6 is 0 Å². The third-order valence-electron chi connectivity index (χ3n) is 3.14. The summed E-state index contributed by atoms with van der Waals surface area (Å²) in [6.07, 6.45) is 0.826. The number of benzene rings is 1. The first-order valence-corrected chi connectivity index (χ1v) is 6.61. The van der Waals surface area contributed by atoms with Crippen molar-refractivity contribution in [3.63, 3.8) is 0 Å². The van der Waals surface area contributed by atoms with Gasteiger partial charge in [-0.1, -0.05) is 0 Å². The third kappa shape index (κ3) is 4.61. The molecule has 4 nitrogen and oxygen atoms in total. The van der Waals surface area contributed by atoms with E-state index in [4.69, 9.17) is 4.74 Å². The Kier molecular flexibility index (Phi) is 5.30. The number of rotatable bonds is 5. The zero-order chi connectivity index (χ0) is 13.5. The topological polar surface area (TPSA) is 41.6 Å². The largest absolute Gasteiger partial charge is 0.462 e. The zero-order valence-electron chi connectivity index (χ0n) is 10.9. The van der Waals surface area contributed by atoms with E-state index in [1.807, 2.05) is 0 Å². The number of hydrogen-bond acceptors (Lipinski definition) is 4. The SMILES string of the molecule is O=C(OCCCN1CCNCC1)c1ccc(F)cc1. The van der Waals surface area contributed by atoms with Gasteiger partial charge in [0.2, 0.25) is 0 Å². The number of esters is 1. The highest BCUT2D eigenvalue weighted by Crippen LogP contribution is 2.05. The van der Waals surface area contributed by atoms with E-state index in [1.54, 1.807) is 0 Å². The Hall–Kier alpha value is -1.46. The molecule has 0 atom stereocenters. The number of halogens is 1. The van der Waals surface area contributed by atoms with E-state index in [9.17, 15) is 9.18 Å². The molecule has 1 aliphatic rings. The van der Waals surface area contributed by atoms with Crippen molar-refractivity contribution < 1.29 is 13.9 Å². The van der Waals surface area contributed by atoms with Crippen molar-refractivity contribution in [3.05, 3.63) is 35.6 Å². The fourth-order valence-corrected chi connectivity index (χ4v) is 2.06. The van der Waals surface area contributed by atoms with Gasteiger partial charge in [0.15, 0.2) is 0 Å². The highest BCUT2D eigenvalue weighted by Gasteiger charge is 2.10. The van der Waals surface area contributed by atoms with E-state index in [0.717, 1.165) is 39.1 Å². The van der Waals surface area contributed by atoms with Crippen LogP contribution in [0.15, 0.2) is 24.3 Å². The third-order valence-corrected chi connectivity index (χ3v) is 3.14. The smallest absolute Gasteiger partial charge is 0.338 e. The van der Waals surface area contributed by atoms with Gasteiger partial charge < -0.3 is 15.0 Å². The van der Waals surface area contributed by atoms with Crippen LogP contribution in [-0.4, -0.2) is 50.2 Å². The number of piperazine rings is 1. The Morgan fingerprint density at radius 2 is 1.95 bits per heavy atom. The quantitative estimate of drug-likeness (QED) is 0.644. The van der Waals surface area contributed by atoms with Crippen molar-refractivity contribution in [1.29, 1.82) is 0 Å². The molecule has 1 aliphatic heterocycles. The lowest BCUT2D eigenvalue weighted by Gasteiger charge is -2.26. The molecule has 1 fully saturated rings. The van der Waals surface area contributed by atoms with Crippen LogP contribution in [0.1, 0.15) is 16.8 Å². The molecule has 19 heavy (non-hydrogen) atoms. The highest BCUT2D eigenvalue weighted by atomic mass is 19.1. The molecule has 0 radical (unpaired) electrons. The van der Waals surface area contributed by atoms with Crippen LogP contribution in [0, 0.1) is 5.82 Å². The molecule has 5 heteroatoms. The Morgan fingerprint density at radius 3 is 2.63 bits per heavy atom. The second kappa shape index (κ2) is 7.21. The molecule has 0 aromatic heterocycles. The molecule has 1 saturated heterocycles. The minimum absolute atomic E-state index is 0.352. The van der Waals surface area contributed by atoms with Gasteiger partial charge in [-0.2, -0.15) is 0 Å². The predicted octanol–water partition coefficient (Wildman–Crippen LogP) is 1.28. The molecule has 0 saturated carbocycles. The van der Waals surface area contributed by atoms with Crippen LogP contribution in [0.4, 0.5) is 4.39 Å². The van der Waals surface area contributed by atoms with Crippen LogP contribution < -0.4 is 5.32 Å². The Labute approximate surface area is 112 Å². The van der Waals surface area contributed by atoms with Crippen molar-refractivity contribution in [1.82, 2.24) is 10.2 Å². The van der Waals surface area contributed by atoms with Gasteiger partial charge in [0, 0.05) is 32.7 Å². The molecule has 0 amide bonds. The van der Waals surface area contributed by atoms with Crippen LogP contribution in [0.5, 0.6) is 0 Å². The van der Waals surface area contributed by atoms with Crippen molar-refractivity contribution in [2.24, 2.45) is 0 Å². The number of carbonyl (C=O) groups is 1. The second-order valence-corrected chi connectivity index (χ2v) is 4.59. The molecule has 104 valence electrons. The van der Waals surface area contributed by atoms with Gasteiger partial charge in [-0.3, -0.25) is 0 Å². The summed E-state index contributed by atoms with van der Waals surface area (Å²) in [4.78, 5) is 14.0. The normalized spacial score (nSPS) is 16.3. The summed E-state index contributed by atoms with van der Waals surface area (Å²) in [5, 5.41) is 3.29. The molecular formula is C14H19FN2O2. The van der Waals surface area contributed by atoms with E-state index in [-0.39, 0.29) is 11.8 Å². The average Bonchev–Trinajstić information content (AvgIpc) is 2.45. The first kappa shape index (κ1) is 14.0. The Morgan fingerprint density at radius 1 is 1.26 bits per heavy atom. The summed E-state index contributed by atoms with van der Waals surface area (Å²) >= 11 is 0. The Bertz CT molecular complexity index is 402. The molecule has 0 unspecified atom stereocenters. The van der Waals surface area contributed by atoms with E-state index < -0.39 is 0 Å². The predicted molar refractivity (Wildman–Crippen MR) is 70.6 cm³/mol. The van der Waals surface area contributed by atoms with Crippen molar-refractivity contribution in [3.8, 4) is 0 Å². The van der Waals surface area contributed by atoms with E-state index in [0.29, 0.717) is 12.2 Å². The number of carbonyl (C=O) groups excluding carboxylic acids is 1. The lowest BCUT2D eigenvalue weighted by Crippen LogP contribution is -2.43. The molecule has 1 aromatic carbocycles. The summed E-state index contributed by atoms with van der Waals surface area (Å²) in [5.41, 5.74) is 0.392. The van der Waals surface area contributed by atoms with Crippen molar-refractivity contribution >= 4 is 5.97 Å². The number of ether oxygens (including phenoxy) is 1. The standard InChI is InChI=1S/C14H19FN2O2/c15-13-4-2-12(3-5-13)14(18)19-11-1-8-17-9-6-16-7-10-17/h2-5,16H,1,6-11H2. The van der Waals surface area contributed by atoms with Gasteiger partial charge in [-0.05, 0) is 30.7 Å². The summed E-state index contributed by atoms with van der Waals surface area (Å²) in [6.45, 7) is 5.49. The lowest BCUT2D eigenvalue weighted by molar-refractivity contribution is 0.0486. The van der Waals surface area contributed by atoms with E-state index >= 15 is 0 Å². The van der Waals surface area contributed by atoms with Crippen molar-refractivity contribution in [2.45, 2.75) is 6.42 Å². The fourth-order valence-electron chi connectivity index (χ4n) is 2.06. The number of nitrogens with one attached hydrogen (secondary N) is 1. The summed E-state index contributed by atoms with van der Waals surface area (Å²) in [7, 11) is 0. The highest BCUT2D eigenvalue weighted by molar-refractivity contribution is 5.89. The maximum Gasteiger partial charge on any atom is 0.338 e. The fraction of sp³-hybridized carbons (Fsp3) is 0.500. The second-order valence-electron chi connectivity index (χ2n) is 4.59. The average molecular weight is 266 g/mol. The van der Waals surface area contributed by atoms with Gasteiger partial charge in [0.05, 0.1) is 12.2 Å². The minimum Gasteiger partial charge on any atom is -0.462 e. The first-order chi connectivity index (χ1) is 9.25. The van der Waals surface area contributed by atoms with Crippen LogP contribution in [0.3, 0.4) is 0 Å². The van der Waals surface area contributed by atoms with E-state index in [2.05, 4.69) is 10.2 Å². The van der Waals surface area contributed by atoms with E-state index in [1.165, 1.54) is 24.3 Å². The van der Waals surface area contributed by atoms with Gasteiger partial charge >= 0.3 is 5.97 Å². The maximum absolute atomic E-state index is 12.7. The zero-order valence-corrected chi connectivity index (χ0v) is 10.9. The molecule has 1 aromatic rings. The maximum atomic E-state index is 12.7. The molecule has 2 rings (SSSR count). The summed E-state index contributed by atoms with van der Waals surface area (Å²) in [6, 6.07) is 5.40. The van der Waals surface area contributed by atoms with Crippen LogP contribution in [0.25, 0.3) is 0 Å². The lowest BCUT2D eigenvalue weighted by atomic mass is 10.2. The van der Waals surface area contributed by atoms with Gasteiger partial charge in [-0.25, -0.2) is 9.18 Å². The van der Waals surface area contributed by atoms with Gasteiger partial charge in [0.25, 0.3) is 0 Å². The van der Waals surface area contributed by atoms with Crippen LogP contribution in [0.2, 0.25) is 0 Å². The molecule has 0 spiro atoms. The monoisotopic (exact) mass is 266 g/mol. The first-order valence-electron chi connectivity index (χ1n) is 6.61. The Balaban J connectivity index is 1.64. The summed E-state index contributed by atoms with van der Waals surface area (Å²) < 4.78 is 17.9. The molecule has 1 N–H and O–H groups in total. The van der Waals surface area contributed by atoms with Crippen molar-refractivity contribution in [2.75, 3.05) is 39.3 Å². The van der Waals surface area contributed by atoms with Crippen LogP contribution in [-0.2, 0) is 4.74 Å². The number of hydrogen-bond donors (Lipinski definition) is 1. The minimum atomic E-state index is -0.389. The van der Waals surface area contributed by atoms with Gasteiger partial charge in [-0.15, -0.1) is 0 Å².